The first-order chi connectivity index (χ1) is 14.2. The van der Waals surface area contributed by atoms with Crippen molar-refractivity contribution in [3.8, 4) is 0 Å². The molecule has 2 aromatic carbocycles. The van der Waals surface area contributed by atoms with Crippen LogP contribution in [0.4, 0.5) is 0 Å². The highest BCUT2D eigenvalue weighted by Crippen LogP contribution is 2.39. The number of hydrogen-bond acceptors (Lipinski definition) is 4. The molecule has 0 radical (unpaired) electrons. The molecular weight excluding hydrogens is 364 g/mol. The van der Waals surface area contributed by atoms with Crippen LogP contribution < -0.4 is 5.32 Å². The summed E-state index contributed by atoms with van der Waals surface area (Å²) >= 11 is 0. The minimum Gasteiger partial charge on any atom is -0.360 e. The van der Waals surface area contributed by atoms with Crippen LogP contribution in [-0.2, 0) is 6.42 Å². The number of hydrogen-bond donors (Lipinski definition) is 2. The van der Waals surface area contributed by atoms with E-state index in [0.29, 0.717) is 23.7 Å². The van der Waals surface area contributed by atoms with E-state index in [1.54, 1.807) is 0 Å². The molecule has 6 heteroatoms. The summed E-state index contributed by atoms with van der Waals surface area (Å²) in [7, 11) is 0. The molecule has 1 saturated carbocycles. The number of carbonyl (C=O) groups is 1. The van der Waals surface area contributed by atoms with Crippen LogP contribution >= 0.6 is 0 Å². The van der Waals surface area contributed by atoms with Crippen molar-refractivity contribution < 1.29 is 9.32 Å². The topological polar surface area (TPSA) is 83.8 Å². The number of aromatic amines is 1. The Labute approximate surface area is 168 Å². The molecule has 1 aliphatic rings. The predicted octanol–water partition coefficient (Wildman–Crippen LogP) is 4.51. The van der Waals surface area contributed by atoms with Gasteiger partial charge in [0.2, 0.25) is 0 Å². The van der Waals surface area contributed by atoms with Gasteiger partial charge in [-0.3, -0.25) is 4.79 Å². The van der Waals surface area contributed by atoms with Crippen molar-refractivity contribution in [1.82, 2.24) is 20.4 Å². The minimum atomic E-state index is -0.187. The largest absolute Gasteiger partial charge is 0.360 e. The van der Waals surface area contributed by atoms with Gasteiger partial charge in [-0.2, -0.15) is 0 Å². The summed E-state index contributed by atoms with van der Waals surface area (Å²) in [5.74, 6) is 2.04. The van der Waals surface area contributed by atoms with Crippen LogP contribution in [0, 0.1) is 0 Å². The summed E-state index contributed by atoms with van der Waals surface area (Å²) in [6, 6.07) is 15.8. The van der Waals surface area contributed by atoms with Crippen molar-refractivity contribution in [3.05, 3.63) is 83.0 Å². The van der Waals surface area contributed by atoms with E-state index >= 15 is 0 Å². The molecular formula is C23H22N4O2. The normalized spacial score (nSPS) is 14.8. The Morgan fingerprint density at radius 1 is 1.24 bits per heavy atom. The molecule has 6 nitrogen and oxygen atoms in total. The third kappa shape index (κ3) is 3.66. The second-order valence-corrected chi connectivity index (χ2v) is 7.69. The summed E-state index contributed by atoms with van der Waals surface area (Å²) in [6.45, 7) is 1.97. The molecule has 2 aromatic heterocycles. The first kappa shape index (κ1) is 17.7. The van der Waals surface area contributed by atoms with E-state index in [-0.39, 0.29) is 11.9 Å². The zero-order valence-electron chi connectivity index (χ0n) is 16.2. The van der Waals surface area contributed by atoms with Crippen LogP contribution in [0.3, 0.4) is 0 Å². The summed E-state index contributed by atoms with van der Waals surface area (Å²) in [4.78, 5) is 20.9. The molecule has 5 rings (SSSR count). The summed E-state index contributed by atoms with van der Waals surface area (Å²) in [5, 5.41) is 6.89. The van der Waals surface area contributed by atoms with Gasteiger partial charge in [0.05, 0.1) is 23.3 Å². The summed E-state index contributed by atoms with van der Waals surface area (Å²) < 4.78 is 5.34. The fourth-order valence-corrected chi connectivity index (χ4v) is 3.58. The average Bonchev–Trinajstić information content (AvgIpc) is 3.33. The zero-order chi connectivity index (χ0) is 19.8. The number of nitrogens with zero attached hydrogens (tertiary/aromatic N) is 2. The van der Waals surface area contributed by atoms with E-state index in [9.17, 15) is 4.79 Å². The average molecular weight is 386 g/mol. The molecule has 0 aliphatic heterocycles. The molecule has 0 saturated heterocycles. The van der Waals surface area contributed by atoms with E-state index in [0.717, 1.165) is 28.0 Å². The first-order valence-corrected chi connectivity index (χ1v) is 9.95. The van der Waals surface area contributed by atoms with Crippen molar-refractivity contribution in [2.24, 2.45) is 0 Å². The van der Waals surface area contributed by atoms with Gasteiger partial charge < -0.3 is 14.8 Å². The van der Waals surface area contributed by atoms with Crippen molar-refractivity contribution in [2.75, 3.05) is 0 Å². The van der Waals surface area contributed by atoms with E-state index in [2.05, 4.69) is 26.5 Å². The lowest BCUT2D eigenvalue weighted by Crippen LogP contribution is -2.27. The van der Waals surface area contributed by atoms with Crippen LogP contribution in [-0.4, -0.2) is 21.0 Å². The molecule has 2 heterocycles. The van der Waals surface area contributed by atoms with Gasteiger partial charge in [0.15, 0.2) is 5.76 Å². The van der Waals surface area contributed by atoms with Crippen molar-refractivity contribution in [3.63, 3.8) is 0 Å². The van der Waals surface area contributed by atoms with Gasteiger partial charge >= 0.3 is 0 Å². The molecule has 1 unspecified atom stereocenters. The quantitative estimate of drug-likeness (QED) is 0.511. The van der Waals surface area contributed by atoms with E-state index in [1.165, 1.54) is 19.0 Å². The number of benzene rings is 2. The number of carbonyl (C=O) groups excluding carboxylic acids is 1. The van der Waals surface area contributed by atoms with Gasteiger partial charge in [0, 0.05) is 12.3 Å². The van der Waals surface area contributed by atoms with Gasteiger partial charge in [-0.1, -0.05) is 41.6 Å². The fraction of sp³-hybridized carbons (Fsp3) is 0.261. The Hall–Kier alpha value is -3.41. The Kier molecular flexibility index (Phi) is 4.39. The van der Waals surface area contributed by atoms with Gasteiger partial charge in [0.25, 0.3) is 5.91 Å². The molecule has 0 bridgehead atoms. The third-order valence-electron chi connectivity index (χ3n) is 5.43. The second kappa shape index (κ2) is 7.20. The highest BCUT2D eigenvalue weighted by Gasteiger charge is 2.27. The Bertz CT molecular complexity index is 1160. The van der Waals surface area contributed by atoms with Gasteiger partial charge in [-0.05, 0) is 43.0 Å². The van der Waals surface area contributed by atoms with E-state index in [1.807, 2.05) is 49.4 Å². The summed E-state index contributed by atoms with van der Waals surface area (Å²) in [5.41, 5.74) is 4.55. The molecule has 1 fully saturated rings. The van der Waals surface area contributed by atoms with Crippen LogP contribution in [0.15, 0.2) is 59.3 Å². The molecule has 29 heavy (non-hydrogen) atoms. The van der Waals surface area contributed by atoms with Crippen LogP contribution in [0.5, 0.6) is 0 Å². The number of fused-ring (bicyclic) bond motifs is 1. The van der Waals surface area contributed by atoms with Gasteiger partial charge in [-0.25, -0.2) is 4.98 Å². The predicted molar refractivity (Wildman–Crippen MR) is 110 cm³/mol. The maximum atomic E-state index is 12.8. The lowest BCUT2D eigenvalue weighted by Gasteiger charge is -2.14. The molecule has 1 aliphatic carbocycles. The van der Waals surface area contributed by atoms with E-state index in [4.69, 9.17) is 4.52 Å². The van der Waals surface area contributed by atoms with Gasteiger partial charge in [-0.15, -0.1) is 0 Å². The maximum absolute atomic E-state index is 12.8. The van der Waals surface area contributed by atoms with Crippen LogP contribution in [0.1, 0.15) is 64.8 Å². The van der Waals surface area contributed by atoms with Crippen LogP contribution in [0.2, 0.25) is 0 Å². The maximum Gasteiger partial charge on any atom is 0.257 e. The lowest BCUT2D eigenvalue weighted by atomic mass is 10.1. The number of nitrogens with one attached hydrogen (secondary N) is 2. The van der Waals surface area contributed by atoms with Crippen molar-refractivity contribution in [1.29, 1.82) is 0 Å². The number of aromatic nitrogens is 3. The van der Waals surface area contributed by atoms with Crippen molar-refractivity contribution >= 4 is 16.9 Å². The number of imidazole rings is 1. The van der Waals surface area contributed by atoms with E-state index < -0.39 is 0 Å². The lowest BCUT2D eigenvalue weighted by molar-refractivity contribution is 0.0938. The number of rotatable bonds is 6. The highest BCUT2D eigenvalue weighted by molar-refractivity contribution is 5.95. The molecule has 1 amide bonds. The first-order valence-electron chi connectivity index (χ1n) is 9.95. The Morgan fingerprint density at radius 3 is 2.86 bits per heavy atom. The summed E-state index contributed by atoms with van der Waals surface area (Å²) in [6.07, 6.45) is 4.44. The number of H-pyrrole nitrogens is 1. The molecule has 146 valence electrons. The zero-order valence-corrected chi connectivity index (χ0v) is 16.2. The monoisotopic (exact) mass is 386 g/mol. The van der Waals surface area contributed by atoms with Crippen LogP contribution in [0.25, 0.3) is 11.0 Å². The number of amides is 1. The fourth-order valence-electron chi connectivity index (χ4n) is 3.58. The molecule has 4 aromatic rings. The Morgan fingerprint density at radius 2 is 2.07 bits per heavy atom. The molecule has 0 spiro atoms. The molecule has 1 atom stereocenters. The van der Waals surface area contributed by atoms with Gasteiger partial charge in [0.1, 0.15) is 11.4 Å². The SMILES string of the molecule is CC(NC(=O)c1cnoc1Cc1ccccc1)c1ccc2nc(C3CC3)[nH]c2c1. The Balaban J connectivity index is 1.32. The third-order valence-corrected chi connectivity index (χ3v) is 5.43. The minimum absolute atomic E-state index is 0.154. The smallest absolute Gasteiger partial charge is 0.257 e. The standard InChI is InChI=1S/C23H22N4O2/c1-14(17-9-10-19-20(12-17)27-22(26-19)16-7-8-16)25-23(28)18-13-24-29-21(18)11-15-5-3-2-4-6-15/h2-6,9-10,12-14,16H,7-8,11H2,1H3,(H,25,28)(H,26,27). The second-order valence-electron chi connectivity index (χ2n) is 7.69. The van der Waals surface area contributed by atoms with Crippen molar-refractivity contribution in [2.45, 2.75) is 38.1 Å². The highest BCUT2D eigenvalue weighted by atomic mass is 16.5. The molecule has 2 N–H and O–H groups in total.